The summed E-state index contributed by atoms with van der Waals surface area (Å²) in [6.45, 7) is 0.128. The molecule has 0 radical (unpaired) electrons. The Balaban J connectivity index is 1.90. The summed E-state index contributed by atoms with van der Waals surface area (Å²) in [6.07, 6.45) is 0.422. The van der Waals surface area contributed by atoms with Gasteiger partial charge in [-0.05, 0) is 24.1 Å². The van der Waals surface area contributed by atoms with Gasteiger partial charge in [-0.15, -0.1) is 0 Å². The number of nitro groups is 1. The zero-order valence-corrected chi connectivity index (χ0v) is 13.8. The van der Waals surface area contributed by atoms with Gasteiger partial charge in [0.15, 0.2) is 0 Å². The summed E-state index contributed by atoms with van der Waals surface area (Å²) in [5.41, 5.74) is 1.55. The van der Waals surface area contributed by atoms with E-state index in [0.717, 1.165) is 10.9 Å². The topological polar surface area (TPSA) is 100 Å². The Kier molecular flexibility index (Phi) is 4.28. The van der Waals surface area contributed by atoms with Gasteiger partial charge in [0.1, 0.15) is 5.58 Å². The molecule has 0 spiro atoms. The molecule has 2 amide bonds. The van der Waals surface area contributed by atoms with E-state index < -0.39 is 11.0 Å². The maximum atomic E-state index is 11.6. The van der Waals surface area contributed by atoms with Gasteiger partial charge in [-0.25, -0.2) is 9.86 Å². The molecule has 8 heteroatoms. The molecule has 1 N–H and O–H groups in total. The number of nitrogens with zero attached hydrogens (tertiary/aromatic N) is 3. The highest BCUT2D eigenvalue weighted by Gasteiger charge is 2.18. The number of urea groups is 1. The molecule has 0 aliphatic heterocycles. The lowest BCUT2D eigenvalue weighted by Gasteiger charge is -2.19. The van der Waals surface area contributed by atoms with Gasteiger partial charge >= 0.3 is 11.7 Å². The van der Waals surface area contributed by atoms with E-state index in [0.29, 0.717) is 22.5 Å². The SMILES string of the molecule is CN(C)C(=O)N(O)CCc1ccc2c(c1)oc1c([N+](=O)[O-])cccc12. The molecule has 1 aromatic heterocycles. The summed E-state index contributed by atoms with van der Waals surface area (Å²) in [6, 6.07) is 9.76. The highest BCUT2D eigenvalue weighted by atomic mass is 16.6. The van der Waals surface area contributed by atoms with Crippen LogP contribution in [0, 0.1) is 10.1 Å². The van der Waals surface area contributed by atoms with Gasteiger partial charge in [-0.1, -0.05) is 18.2 Å². The van der Waals surface area contributed by atoms with Crippen LogP contribution in [0.4, 0.5) is 10.5 Å². The number of carbonyl (C=O) groups is 1. The van der Waals surface area contributed by atoms with E-state index in [1.165, 1.54) is 11.0 Å². The van der Waals surface area contributed by atoms with Gasteiger partial charge in [-0.2, -0.15) is 0 Å². The molecule has 8 nitrogen and oxygen atoms in total. The van der Waals surface area contributed by atoms with Crippen LogP contribution in [0.25, 0.3) is 21.9 Å². The number of hydrogen-bond acceptors (Lipinski definition) is 5. The van der Waals surface area contributed by atoms with Crippen molar-refractivity contribution in [3.8, 4) is 0 Å². The number of nitro benzene ring substituents is 1. The average molecular weight is 343 g/mol. The van der Waals surface area contributed by atoms with E-state index in [4.69, 9.17) is 4.42 Å². The summed E-state index contributed by atoms with van der Waals surface area (Å²) >= 11 is 0. The molecule has 0 unspecified atom stereocenters. The minimum absolute atomic E-state index is 0.0756. The molecule has 0 atom stereocenters. The number of hydrogen-bond donors (Lipinski definition) is 1. The minimum atomic E-state index is -0.500. The third-order valence-corrected chi connectivity index (χ3v) is 3.95. The van der Waals surface area contributed by atoms with Crippen LogP contribution in [0.2, 0.25) is 0 Å². The first-order chi connectivity index (χ1) is 11.9. The summed E-state index contributed by atoms with van der Waals surface area (Å²) in [5, 5.41) is 23.0. The number of fused-ring (bicyclic) bond motifs is 3. The summed E-state index contributed by atoms with van der Waals surface area (Å²) < 4.78 is 5.69. The Labute approximate surface area is 142 Å². The molecule has 1 heterocycles. The number of para-hydroxylation sites is 1. The Morgan fingerprint density at radius 1 is 1.24 bits per heavy atom. The van der Waals surface area contributed by atoms with Crippen LogP contribution in [0.5, 0.6) is 0 Å². The minimum Gasteiger partial charge on any atom is -0.449 e. The highest BCUT2D eigenvalue weighted by Crippen LogP contribution is 2.34. The predicted octanol–water partition coefficient (Wildman–Crippen LogP) is 3.41. The van der Waals surface area contributed by atoms with Gasteiger partial charge in [0, 0.05) is 30.9 Å². The van der Waals surface area contributed by atoms with E-state index in [1.54, 1.807) is 32.3 Å². The third kappa shape index (κ3) is 3.11. The zero-order chi connectivity index (χ0) is 18.1. The van der Waals surface area contributed by atoms with Crippen molar-refractivity contribution in [2.75, 3.05) is 20.6 Å². The lowest BCUT2D eigenvalue weighted by molar-refractivity contribution is -0.383. The second-order valence-corrected chi connectivity index (χ2v) is 5.89. The first-order valence-corrected chi connectivity index (χ1v) is 7.64. The van der Waals surface area contributed by atoms with Crippen molar-refractivity contribution >= 4 is 33.7 Å². The molecule has 0 aliphatic rings. The first kappa shape index (κ1) is 16.7. The molecule has 25 heavy (non-hydrogen) atoms. The number of amides is 2. The number of hydroxylamine groups is 2. The molecule has 0 bridgehead atoms. The van der Waals surface area contributed by atoms with Crippen molar-refractivity contribution in [3.05, 3.63) is 52.1 Å². The summed E-state index contributed by atoms with van der Waals surface area (Å²) in [5.74, 6) is 0. The molecule has 3 rings (SSSR count). The molecule has 0 saturated carbocycles. The summed E-state index contributed by atoms with van der Waals surface area (Å²) in [4.78, 5) is 23.6. The fourth-order valence-electron chi connectivity index (χ4n) is 2.69. The van der Waals surface area contributed by atoms with Crippen molar-refractivity contribution in [1.82, 2.24) is 9.96 Å². The van der Waals surface area contributed by atoms with E-state index in [1.807, 2.05) is 12.1 Å². The van der Waals surface area contributed by atoms with Crippen LogP contribution in [0.3, 0.4) is 0 Å². The fraction of sp³-hybridized carbons (Fsp3) is 0.235. The van der Waals surface area contributed by atoms with Gasteiger partial charge < -0.3 is 9.32 Å². The number of furan rings is 1. The van der Waals surface area contributed by atoms with Crippen LogP contribution in [-0.2, 0) is 6.42 Å². The molecular weight excluding hydrogens is 326 g/mol. The van der Waals surface area contributed by atoms with Crippen molar-refractivity contribution in [2.24, 2.45) is 0 Å². The van der Waals surface area contributed by atoms with Gasteiger partial charge in [0.2, 0.25) is 5.58 Å². The van der Waals surface area contributed by atoms with Gasteiger partial charge in [0.05, 0.1) is 11.5 Å². The second kappa shape index (κ2) is 6.40. The van der Waals surface area contributed by atoms with Crippen molar-refractivity contribution in [1.29, 1.82) is 0 Å². The Morgan fingerprint density at radius 2 is 2.00 bits per heavy atom. The second-order valence-electron chi connectivity index (χ2n) is 5.89. The quantitative estimate of drug-likeness (QED) is 0.444. The van der Waals surface area contributed by atoms with Gasteiger partial charge in [0.25, 0.3) is 0 Å². The van der Waals surface area contributed by atoms with Crippen LogP contribution >= 0.6 is 0 Å². The number of carbonyl (C=O) groups excluding carboxylic acids is 1. The van der Waals surface area contributed by atoms with Crippen molar-refractivity contribution < 1.29 is 19.3 Å². The number of rotatable bonds is 4. The molecule has 0 fully saturated rings. The van der Waals surface area contributed by atoms with E-state index in [2.05, 4.69) is 0 Å². The normalized spacial score (nSPS) is 11.0. The third-order valence-electron chi connectivity index (χ3n) is 3.95. The number of benzene rings is 2. The molecule has 0 aliphatic carbocycles. The lowest BCUT2D eigenvalue weighted by Crippen LogP contribution is -2.37. The van der Waals surface area contributed by atoms with Crippen molar-refractivity contribution in [2.45, 2.75) is 6.42 Å². The zero-order valence-electron chi connectivity index (χ0n) is 13.8. The highest BCUT2D eigenvalue weighted by molar-refractivity contribution is 6.07. The lowest BCUT2D eigenvalue weighted by atomic mass is 10.1. The fourth-order valence-corrected chi connectivity index (χ4v) is 2.69. The van der Waals surface area contributed by atoms with Crippen molar-refractivity contribution in [3.63, 3.8) is 0 Å². The monoisotopic (exact) mass is 343 g/mol. The molecule has 2 aromatic carbocycles. The molecule has 130 valence electrons. The predicted molar refractivity (Wildman–Crippen MR) is 91.7 cm³/mol. The first-order valence-electron chi connectivity index (χ1n) is 7.64. The standard InChI is InChI=1S/C17H17N3O5/c1-18(2)17(21)19(22)9-8-11-6-7-12-13-4-3-5-14(20(23)24)16(13)25-15(12)10-11/h3-7,10,22H,8-9H2,1-2H3. The van der Waals surface area contributed by atoms with E-state index in [-0.39, 0.29) is 17.8 Å². The Morgan fingerprint density at radius 3 is 2.68 bits per heavy atom. The van der Waals surface area contributed by atoms with Crippen LogP contribution in [0.1, 0.15) is 5.56 Å². The largest absolute Gasteiger partial charge is 0.449 e. The Bertz CT molecular complexity index is 963. The molecule has 3 aromatic rings. The van der Waals surface area contributed by atoms with Crippen LogP contribution < -0.4 is 0 Å². The average Bonchev–Trinajstić information content (AvgIpc) is 2.96. The number of non-ortho nitro benzene ring substituents is 1. The maximum absolute atomic E-state index is 11.6. The molecule has 0 saturated heterocycles. The van der Waals surface area contributed by atoms with Crippen LogP contribution in [0.15, 0.2) is 40.8 Å². The van der Waals surface area contributed by atoms with Crippen LogP contribution in [-0.4, -0.2) is 46.8 Å². The smallest absolute Gasteiger partial charge is 0.343 e. The van der Waals surface area contributed by atoms with E-state index in [9.17, 15) is 20.1 Å². The molecular formula is C17H17N3O5. The van der Waals surface area contributed by atoms with E-state index >= 15 is 0 Å². The summed E-state index contributed by atoms with van der Waals surface area (Å²) in [7, 11) is 3.11. The Hall–Kier alpha value is -3.13. The van der Waals surface area contributed by atoms with Gasteiger partial charge in [-0.3, -0.25) is 15.3 Å². The maximum Gasteiger partial charge on any atom is 0.343 e.